The van der Waals surface area contributed by atoms with Gasteiger partial charge in [-0.2, -0.15) is 0 Å². The molecular formula is C13H16N4OS. The zero-order valence-electron chi connectivity index (χ0n) is 10.7. The maximum Gasteiger partial charge on any atom is 0.114 e. The standard InChI is InChI=1S/C13H16N4OS/c1-19-13-5-3-2-4-9(13)10-8-17(16-15-10)11-6-14-7-12(11)18/h2-5,8,11-12,14,18H,6-7H2,1H3/t11-,12-/m1/s1. The van der Waals surface area contributed by atoms with Crippen molar-refractivity contribution in [2.75, 3.05) is 19.3 Å². The van der Waals surface area contributed by atoms with Gasteiger partial charge in [-0.25, -0.2) is 4.68 Å². The summed E-state index contributed by atoms with van der Waals surface area (Å²) in [6.45, 7) is 1.34. The summed E-state index contributed by atoms with van der Waals surface area (Å²) in [6.07, 6.45) is 3.56. The van der Waals surface area contributed by atoms with Crippen molar-refractivity contribution in [2.45, 2.75) is 17.0 Å². The van der Waals surface area contributed by atoms with Crippen LogP contribution in [-0.2, 0) is 0 Å². The van der Waals surface area contributed by atoms with Crippen molar-refractivity contribution in [2.24, 2.45) is 0 Å². The van der Waals surface area contributed by atoms with Gasteiger partial charge in [0.1, 0.15) is 5.69 Å². The lowest BCUT2D eigenvalue weighted by molar-refractivity contribution is 0.144. The number of nitrogens with zero attached hydrogens (tertiary/aromatic N) is 3. The molecular weight excluding hydrogens is 260 g/mol. The summed E-state index contributed by atoms with van der Waals surface area (Å²) < 4.78 is 1.76. The van der Waals surface area contributed by atoms with Crippen LogP contribution in [0.2, 0.25) is 0 Å². The normalized spacial score (nSPS) is 22.8. The van der Waals surface area contributed by atoms with Crippen LogP contribution in [0.1, 0.15) is 6.04 Å². The predicted octanol–water partition coefficient (Wildman–Crippen LogP) is 1.17. The molecule has 1 aliphatic rings. The Morgan fingerprint density at radius 2 is 2.21 bits per heavy atom. The first-order valence-corrected chi connectivity index (χ1v) is 7.46. The first-order chi connectivity index (χ1) is 9.29. The molecule has 0 unspecified atom stereocenters. The molecule has 0 saturated carbocycles. The Labute approximate surface area is 116 Å². The zero-order chi connectivity index (χ0) is 13.2. The van der Waals surface area contributed by atoms with Crippen molar-refractivity contribution in [1.29, 1.82) is 0 Å². The molecule has 1 aromatic heterocycles. The molecule has 2 heterocycles. The van der Waals surface area contributed by atoms with Gasteiger partial charge in [-0.1, -0.05) is 23.4 Å². The molecule has 1 aromatic carbocycles. The van der Waals surface area contributed by atoms with Crippen LogP contribution in [0.4, 0.5) is 0 Å². The number of hydrogen-bond donors (Lipinski definition) is 2. The van der Waals surface area contributed by atoms with E-state index >= 15 is 0 Å². The third kappa shape index (κ3) is 2.39. The highest BCUT2D eigenvalue weighted by Gasteiger charge is 2.27. The number of β-amino-alcohol motifs (C(OH)–C–C–N with tert-alkyl or cyclic N) is 1. The van der Waals surface area contributed by atoms with E-state index in [-0.39, 0.29) is 6.04 Å². The Kier molecular flexibility index (Phi) is 3.54. The van der Waals surface area contributed by atoms with E-state index in [1.807, 2.05) is 30.7 Å². The second-order valence-electron chi connectivity index (χ2n) is 4.58. The largest absolute Gasteiger partial charge is 0.390 e. The van der Waals surface area contributed by atoms with Gasteiger partial charge in [0.05, 0.1) is 18.3 Å². The average molecular weight is 276 g/mol. The van der Waals surface area contributed by atoms with Gasteiger partial charge in [-0.05, 0) is 12.3 Å². The van der Waals surface area contributed by atoms with Crippen LogP contribution in [0.15, 0.2) is 35.4 Å². The number of aliphatic hydroxyl groups excluding tert-OH is 1. The van der Waals surface area contributed by atoms with E-state index in [9.17, 15) is 5.11 Å². The Hall–Kier alpha value is -1.37. The van der Waals surface area contributed by atoms with Gasteiger partial charge < -0.3 is 10.4 Å². The molecule has 2 atom stereocenters. The van der Waals surface area contributed by atoms with Gasteiger partial charge in [0.25, 0.3) is 0 Å². The number of nitrogens with one attached hydrogen (secondary N) is 1. The average Bonchev–Trinajstić information content (AvgIpc) is 3.07. The molecule has 0 spiro atoms. The molecule has 2 N–H and O–H groups in total. The fraction of sp³-hybridized carbons (Fsp3) is 0.385. The number of aliphatic hydroxyl groups is 1. The van der Waals surface area contributed by atoms with Gasteiger partial charge in [-0.3, -0.25) is 0 Å². The van der Waals surface area contributed by atoms with Crippen molar-refractivity contribution in [3.05, 3.63) is 30.5 Å². The first-order valence-electron chi connectivity index (χ1n) is 6.23. The van der Waals surface area contributed by atoms with Gasteiger partial charge in [0.2, 0.25) is 0 Å². The van der Waals surface area contributed by atoms with Crippen LogP contribution in [0, 0.1) is 0 Å². The van der Waals surface area contributed by atoms with Crippen LogP contribution in [0.25, 0.3) is 11.3 Å². The van der Waals surface area contributed by atoms with Crippen molar-refractivity contribution in [1.82, 2.24) is 20.3 Å². The third-order valence-corrected chi connectivity index (χ3v) is 4.18. The van der Waals surface area contributed by atoms with Crippen LogP contribution in [-0.4, -0.2) is 45.5 Å². The summed E-state index contributed by atoms with van der Waals surface area (Å²) in [4.78, 5) is 1.18. The van der Waals surface area contributed by atoms with Crippen LogP contribution >= 0.6 is 11.8 Å². The van der Waals surface area contributed by atoms with Crippen molar-refractivity contribution < 1.29 is 5.11 Å². The molecule has 19 heavy (non-hydrogen) atoms. The fourth-order valence-corrected chi connectivity index (χ4v) is 2.95. The number of rotatable bonds is 3. The monoisotopic (exact) mass is 276 g/mol. The van der Waals surface area contributed by atoms with E-state index in [1.54, 1.807) is 16.4 Å². The van der Waals surface area contributed by atoms with Crippen LogP contribution < -0.4 is 5.32 Å². The molecule has 1 saturated heterocycles. The molecule has 6 heteroatoms. The van der Waals surface area contributed by atoms with E-state index in [0.29, 0.717) is 6.54 Å². The lowest BCUT2D eigenvalue weighted by Crippen LogP contribution is -2.22. The summed E-state index contributed by atoms with van der Waals surface area (Å²) >= 11 is 1.69. The Balaban J connectivity index is 1.92. The minimum Gasteiger partial charge on any atom is -0.390 e. The van der Waals surface area contributed by atoms with Crippen LogP contribution in [0.5, 0.6) is 0 Å². The smallest absolute Gasteiger partial charge is 0.114 e. The molecule has 2 aromatic rings. The maximum atomic E-state index is 9.87. The molecule has 0 bridgehead atoms. The lowest BCUT2D eigenvalue weighted by Gasteiger charge is -2.12. The van der Waals surface area contributed by atoms with Gasteiger partial charge >= 0.3 is 0 Å². The molecule has 0 aliphatic carbocycles. The zero-order valence-corrected chi connectivity index (χ0v) is 11.5. The summed E-state index contributed by atoms with van der Waals surface area (Å²) in [6, 6.07) is 8.11. The van der Waals surface area contributed by atoms with E-state index in [0.717, 1.165) is 17.8 Å². The number of aromatic nitrogens is 3. The molecule has 1 aliphatic heterocycles. The lowest BCUT2D eigenvalue weighted by atomic mass is 10.1. The topological polar surface area (TPSA) is 63.0 Å². The highest BCUT2D eigenvalue weighted by molar-refractivity contribution is 7.98. The Morgan fingerprint density at radius 1 is 1.37 bits per heavy atom. The number of benzene rings is 1. The van der Waals surface area contributed by atoms with Crippen molar-refractivity contribution in [3.63, 3.8) is 0 Å². The molecule has 5 nitrogen and oxygen atoms in total. The minimum atomic E-state index is -0.398. The molecule has 0 amide bonds. The Morgan fingerprint density at radius 3 is 2.95 bits per heavy atom. The van der Waals surface area contributed by atoms with Gasteiger partial charge in [0, 0.05) is 23.5 Å². The highest BCUT2D eigenvalue weighted by Crippen LogP contribution is 2.29. The fourth-order valence-electron chi connectivity index (χ4n) is 2.34. The summed E-state index contributed by atoms with van der Waals surface area (Å²) in [5.41, 5.74) is 1.94. The van der Waals surface area contributed by atoms with Crippen molar-refractivity contribution >= 4 is 11.8 Å². The second kappa shape index (κ2) is 5.32. The van der Waals surface area contributed by atoms with E-state index in [2.05, 4.69) is 21.7 Å². The number of hydrogen-bond acceptors (Lipinski definition) is 5. The van der Waals surface area contributed by atoms with E-state index in [4.69, 9.17) is 0 Å². The SMILES string of the molecule is CSc1ccccc1-c1cn([C@@H]2CNC[C@H]2O)nn1. The number of thioether (sulfide) groups is 1. The quantitative estimate of drug-likeness (QED) is 0.824. The second-order valence-corrected chi connectivity index (χ2v) is 5.43. The summed E-state index contributed by atoms with van der Waals surface area (Å²) in [5.74, 6) is 0. The van der Waals surface area contributed by atoms with Gasteiger partial charge in [0.15, 0.2) is 0 Å². The summed E-state index contributed by atoms with van der Waals surface area (Å²) in [7, 11) is 0. The third-order valence-electron chi connectivity index (χ3n) is 3.38. The van der Waals surface area contributed by atoms with Crippen molar-refractivity contribution in [3.8, 4) is 11.3 Å². The highest BCUT2D eigenvalue weighted by atomic mass is 32.2. The Bertz CT molecular complexity index is 571. The van der Waals surface area contributed by atoms with Gasteiger partial charge in [-0.15, -0.1) is 16.9 Å². The first kappa shape index (κ1) is 12.7. The molecule has 0 radical (unpaired) electrons. The van der Waals surface area contributed by atoms with Crippen LogP contribution in [0.3, 0.4) is 0 Å². The van der Waals surface area contributed by atoms with E-state index in [1.165, 1.54) is 4.90 Å². The molecule has 3 rings (SSSR count). The molecule has 100 valence electrons. The van der Waals surface area contributed by atoms with E-state index < -0.39 is 6.10 Å². The molecule has 1 fully saturated rings. The predicted molar refractivity (Wildman–Crippen MR) is 75.2 cm³/mol. The maximum absolute atomic E-state index is 9.87. The summed E-state index contributed by atoms with van der Waals surface area (Å²) in [5, 5.41) is 21.4. The minimum absolute atomic E-state index is 0.0253.